The highest BCUT2D eigenvalue weighted by atomic mass is 19.1. The second kappa shape index (κ2) is 4.67. The van der Waals surface area contributed by atoms with Crippen molar-refractivity contribution in [3.05, 3.63) is 65.0 Å². The van der Waals surface area contributed by atoms with Crippen LogP contribution in [0.4, 0.5) is 4.39 Å². The Bertz CT molecular complexity index is 597. The van der Waals surface area contributed by atoms with Gasteiger partial charge in [0.25, 0.3) is 0 Å². The Hall–Kier alpha value is -1.87. The van der Waals surface area contributed by atoms with Gasteiger partial charge in [-0.05, 0) is 42.3 Å². The molecule has 19 heavy (non-hydrogen) atoms. The Kier molecular flexibility index (Phi) is 2.99. The molecule has 2 aromatic rings. The summed E-state index contributed by atoms with van der Waals surface area (Å²) < 4.78 is 13.6. The third kappa shape index (κ3) is 2.00. The molecule has 0 aromatic heterocycles. The maximum atomic E-state index is 13.6. The summed E-state index contributed by atoms with van der Waals surface area (Å²) in [5.74, 6) is -0.671. The molecule has 0 aliphatic heterocycles. The van der Waals surface area contributed by atoms with Crippen molar-refractivity contribution in [2.24, 2.45) is 0 Å². The molecule has 0 unspecified atom stereocenters. The van der Waals surface area contributed by atoms with Crippen LogP contribution in [0.2, 0.25) is 0 Å². The minimum absolute atomic E-state index is 0.135. The van der Waals surface area contributed by atoms with Gasteiger partial charge in [0.05, 0.1) is 0 Å². The van der Waals surface area contributed by atoms with Gasteiger partial charge in [-0.15, -0.1) is 0 Å². The van der Waals surface area contributed by atoms with Crippen LogP contribution < -0.4 is 5.32 Å². The molecule has 0 amide bonds. The first-order valence-corrected chi connectivity index (χ1v) is 6.44. The highest BCUT2D eigenvalue weighted by molar-refractivity contribution is 5.48. The van der Waals surface area contributed by atoms with Crippen LogP contribution in [0.1, 0.15) is 22.6 Å². The average molecular weight is 257 g/mol. The predicted molar refractivity (Wildman–Crippen MR) is 72.9 cm³/mol. The van der Waals surface area contributed by atoms with E-state index in [4.69, 9.17) is 0 Å². The maximum absolute atomic E-state index is 13.6. The highest BCUT2D eigenvalue weighted by Crippen LogP contribution is 2.40. The lowest BCUT2D eigenvalue weighted by atomic mass is 9.90. The van der Waals surface area contributed by atoms with Crippen LogP contribution >= 0.6 is 0 Å². The Morgan fingerprint density at radius 1 is 1.21 bits per heavy atom. The van der Waals surface area contributed by atoms with Crippen molar-refractivity contribution < 1.29 is 9.50 Å². The van der Waals surface area contributed by atoms with Gasteiger partial charge in [0.2, 0.25) is 0 Å². The lowest BCUT2D eigenvalue weighted by Crippen LogP contribution is -2.29. The van der Waals surface area contributed by atoms with Gasteiger partial charge in [-0.2, -0.15) is 0 Å². The standard InChI is InChI=1S/C16H16FNO/c1-18-14-7-11-8-15(19)13(17)9-12(11)16(14)10-5-3-2-4-6-10/h2-6,8-9,14,16,18-19H,7H2,1H3/t14-,16-/m1/s1. The van der Waals surface area contributed by atoms with E-state index in [1.807, 2.05) is 25.2 Å². The molecule has 0 radical (unpaired) electrons. The second-order valence-corrected chi connectivity index (χ2v) is 4.99. The van der Waals surface area contributed by atoms with E-state index in [1.165, 1.54) is 11.6 Å². The number of aromatic hydroxyl groups is 1. The molecule has 1 aliphatic rings. The summed E-state index contributed by atoms with van der Waals surface area (Å²) in [5, 5.41) is 12.8. The fourth-order valence-corrected chi connectivity index (χ4v) is 3.00. The Morgan fingerprint density at radius 2 is 1.95 bits per heavy atom. The van der Waals surface area contributed by atoms with Crippen LogP contribution in [0.5, 0.6) is 5.75 Å². The highest BCUT2D eigenvalue weighted by Gasteiger charge is 2.33. The van der Waals surface area contributed by atoms with Crippen molar-refractivity contribution >= 4 is 0 Å². The Balaban J connectivity index is 2.12. The molecule has 0 fully saturated rings. The van der Waals surface area contributed by atoms with Crippen LogP contribution in [-0.2, 0) is 6.42 Å². The van der Waals surface area contributed by atoms with Crippen molar-refractivity contribution in [3.8, 4) is 5.75 Å². The lowest BCUT2D eigenvalue weighted by molar-refractivity contribution is 0.431. The fourth-order valence-electron chi connectivity index (χ4n) is 3.00. The van der Waals surface area contributed by atoms with Gasteiger partial charge in [-0.25, -0.2) is 4.39 Å². The lowest BCUT2D eigenvalue weighted by Gasteiger charge is -2.20. The zero-order valence-electron chi connectivity index (χ0n) is 10.7. The van der Waals surface area contributed by atoms with Crippen LogP contribution in [-0.4, -0.2) is 18.2 Å². The van der Waals surface area contributed by atoms with Crippen molar-refractivity contribution in [3.63, 3.8) is 0 Å². The molecular formula is C16H16FNO. The minimum Gasteiger partial charge on any atom is -0.505 e. The van der Waals surface area contributed by atoms with Crippen molar-refractivity contribution in [1.29, 1.82) is 0 Å². The Labute approximate surface area is 111 Å². The number of fused-ring (bicyclic) bond motifs is 1. The summed E-state index contributed by atoms with van der Waals surface area (Å²) in [6.07, 6.45) is 0.805. The minimum atomic E-state index is -0.545. The molecule has 3 rings (SSSR count). The number of hydrogen-bond donors (Lipinski definition) is 2. The van der Waals surface area contributed by atoms with Crippen molar-refractivity contribution in [2.75, 3.05) is 7.05 Å². The van der Waals surface area contributed by atoms with E-state index in [0.29, 0.717) is 0 Å². The number of benzene rings is 2. The van der Waals surface area contributed by atoms with Gasteiger partial charge in [0, 0.05) is 12.0 Å². The number of likely N-dealkylation sites (N-methyl/N-ethyl adjacent to an activating group) is 1. The summed E-state index contributed by atoms with van der Waals surface area (Å²) in [6.45, 7) is 0. The molecule has 0 saturated carbocycles. The second-order valence-electron chi connectivity index (χ2n) is 4.99. The summed E-state index contributed by atoms with van der Waals surface area (Å²) in [7, 11) is 1.92. The monoisotopic (exact) mass is 257 g/mol. The van der Waals surface area contributed by atoms with E-state index in [1.54, 1.807) is 6.07 Å². The Morgan fingerprint density at radius 3 is 2.63 bits per heavy atom. The van der Waals surface area contributed by atoms with Crippen LogP contribution in [0.3, 0.4) is 0 Å². The molecule has 0 saturated heterocycles. The first-order valence-electron chi connectivity index (χ1n) is 6.44. The number of nitrogens with one attached hydrogen (secondary N) is 1. The van der Waals surface area contributed by atoms with E-state index >= 15 is 0 Å². The fraction of sp³-hybridized carbons (Fsp3) is 0.250. The molecule has 0 spiro atoms. The summed E-state index contributed by atoms with van der Waals surface area (Å²) >= 11 is 0. The zero-order chi connectivity index (χ0) is 13.4. The van der Waals surface area contributed by atoms with E-state index in [9.17, 15) is 9.50 Å². The van der Waals surface area contributed by atoms with E-state index in [-0.39, 0.29) is 17.7 Å². The van der Waals surface area contributed by atoms with Gasteiger partial charge in [-0.1, -0.05) is 30.3 Å². The van der Waals surface area contributed by atoms with Crippen LogP contribution in [0.15, 0.2) is 42.5 Å². The number of hydrogen-bond acceptors (Lipinski definition) is 2. The molecule has 98 valence electrons. The number of phenolic OH excluding ortho intramolecular Hbond substituents is 1. The molecule has 2 aromatic carbocycles. The maximum Gasteiger partial charge on any atom is 0.165 e. The molecule has 2 nitrogen and oxygen atoms in total. The van der Waals surface area contributed by atoms with Crippen LogP contribution in [0.25, 0.3) is 0 Å². The molecule has 0 heterocycles. The normalized spacial score (nSPS) is 21.4. The van der Waals surface area contributed by atoms with Gasteiger partial charge in [0.1, 0.15) is 0 Å². The van der Waals surface area contributed by atoms with Gasteiger partial charge < -0.3 is 10.4 Å². The third-order valence-corrected chi connectivity index (χ3v) is 3.92. The molecule has 2 N–H and O–H groups in total. The molecule has 0 bridgehead atoms. The SMILES string of the molecule is CN[C@@H]1Cc2cc(O)c(F)cc2[C@H]1c1ccccc1. The van der Waals surface area contributed by atoms with Gasteiger partial charge in [-0.3, -0.25) is 0 Å². The largest absolute Gasteiger partial charge is 0.505 e. The predicted octanol–water partition coefficient (Wildman–Crippen LogP) is 2.81. The van der Waals surface area contributed by atoms with Gasteiger partial charge in [0.15, 0.2) is 11.6 Å². The molecular weight excluding hydrogens is 241 g/mol. The molecule has 3 heteroatoms. The average Bonchev–Trinajstić information content (AvgIpc) is 2.78. The summed E-state index contributed by atoms with van der Waals surface area (Å²) in [4.78, 5) is 0. The van der Waals surface area contributed by atoms with Crippen LogP contribution in [0, 0.1) is 5.82 Å². The van der Waals surface area contributed by atoms with E-state index in [0.717, 1.165) is 17.5 Å². The van der Waals surface area contributed by atoms with Crippen molar-refractivity contribution in [2.45, 2.75) is 18.4 Å². The topological polar surface area (TPSA) is 32.3 Å². The number of rotatable bonds is 2. The van der Waals surface area contributed by atoms with Gasteiger partial charge >= 0.3 is 0 Å². The number of phenols is 1. The van der Waals surface area contributed by atoms with Crippen molar-refractivity contribution in [1.82, 2.24) is 5.32 Å². The summed E-state index contributed by atoms with van der Waals surface area (Å²) in [5.41, 5.74) is 3.17. The zero-order valence-corrected chi connectivity index (χ0v) is 10.7. The van der Waals surface area contributed by atoms with E-state index in [2.05, 4.69) is 17.4 Å². The molecule has 1 aliphatic carbocycles. The summed E-state index contributed by atoms with van der Waals surface area (Å²) in [6, 6.07) is 13.4. The number of halogens is 1. The third-order valence-electron chi connectivity index (χ3n) is 3.92. The quantitative estimate of drug-likeness (QED) is 0.867. The van der Waals surface area contributed by atoms with E-state index < -0.39 is 5.82 Å². The first kappa shape index (κ1) is 12.2. The molecule has 2 atom stereocenters. The smallest absolute Gasteiger partial charge is 0.165 e. The first-order chi connectivity index (χ1) is 9.20.